The minimum Gasteiger partial charge on any atom is -0.487 e. The van der Waals surface area contributed by atoms with Crippen molar-refractivity contribution in [2.24, 2.45) is 0 Å². The van der Waals surface area contributed by atoms with E-state index in [2.05, 4.69) is 50.8 Å². The highest BCUT2D eigenvalue weighted by Gasteiger charge is 2.41. The zero-order valence-corrected chi connectivity index (χ0v) is 16.3. The number of aromatic nitrogens is 2. The van der Waals surface area contributed by atoms with Crippen LogP contribution >= 0.6 is 0 Å². The Hall–Kier alpha value is -2.33. The summed E-state index contributed by atoms with van der Waals surface area (Å²) in [5.41, 5.74) is 4.73. The zero-order valence-electron chi connectivity index (χ0n) is 16.3. The lowest BCUT2D eigenvalue weighted by atomic mass is 9.89. The lowest BCUT2D eigenvalue weighted by Gasteiger charge is -2.37. The van der Waals surface area contributed by atoms with Crippen LogP contribution in [0.3, 0.4) is 0 Å². The third kappa shape index (κ3) is 2.66. The molecule has 2 aliphatic heterocycles. The second-order valence-electron chi connectivity index (χ2n) is 8.83. The smallest absolute Gasteiger partial charge is 0.123 e. The van der Waals surface area contributed by atoms with E-state index in [1.54, 1.807) is 0 Å². The standard InChI is InChI=1S/C24H27N3O/c1-2-8-22-21(7-1)25-17-27(22)20-9-10-23-18(15-20)16-24(28-23)11-4-13-26(14-12-24)19-5-3-6-19/h1-2,7-10,15,17,19H,3-6,11-14,16H2. The van der Waals surface area contributed by atoms with Crippen LogP contribution in [0, 0.1) is 0 Å². The van der Waals surface area contributed by atoms with Crippen molar-refractivity contribution in [2.45, 2.75) is 56.6 Å². The predicted molar refractivity (Wildman–Crippen MR) is 111 cm³/mol. The quantitative estimate of drug-likeness (QED) is 0.650. The van der Waals surface area contributed by atoms with Gasteiger partial charge in [0.05, 0.1) is 11.0 Å². The molecule has 1 saturated carbocycles. The highest BCUT2D eigenvalue weighted by atomic mass is 16.5. The van der Waals surface area contributed by atoms with Crippen LogP contribution in [0.5, 0.6) is 5.75 Å². The molecule has 3 heterocycles. The Kier molecular flexibility index (Phi) is 3.76. The summed E-state index contributed by atoms with van der Waals surface area (Å²) in [5.74, 6) is 1.09. The Balaban J connectivity index is 1.27. The van der Waals surface area contributed by atoms with E-state index < -0.39 is 0 Å². The fourth-order valence-electron chi connectivity index (χ4n) is 5.32. The van der Waals surface area contributed by atoms with E-state index in [1.807, 2.05) is 12.4 Å². The lowest BCUT2D eigenvalue weighted by molar-refractivity contribution is 0.0694. The van der Waals surface area contributed by atoms with Crippen LogP contribution in [0.2, 0.25) is 0 Å². The number of benzene rings is 2. The van der Waals surface area contributed by atoms with Gasteiger partial charge in [-0.1, -0.05) is 18.6 Å². The SMILES string of the molecule is c1ccc2c(c1)ncn2-c1ccc2c(c1)CC1(CCCN(C3CCC3)CC1)O2. The molecule has 0 N–H and O–H groups in total. The summed E-state index contributed by atoms with van der Waals surface area (Å²) in [4.78, 5) is 7.28. The van der Waals surface area contributed by atoms with Crippen LogP contribution in [0.1, 0.15) is 44.1 Å². The van der Waals surface area contributed by atoms with E-state index in [1.165, 1.54) is 56.4 Å². The van der Waals surface area contributed by atoms with Gasteiger partial charge in [0, 0.05) is 36.7 Å². The summed E-state index contributed by atoms with van der Waals surface area (Å²) in [6.45, 7) is 2.44. The molecule has 0 bridgehead atoms. The van der Waals surface area contributed by atoms with Gasteiger partial charge in [0.15, 0.2) is 0 Å². The van der Waals surface area contributed by atoms with E-state index in [4.69, 9.17) is 4.74 Å². The van der Waals surface area contributed by atoms with Crippen LogP contribution in [0.15, 0.2) is 48.8 Å². The largest absolute Gasteiger partial charge is 0.487 e. The maximum absolute atomic E-state index is 6.60. The molecule has 2 aromatic carbocycles. The number of ether oxygens (including phenoxy) is 1. The second kappa shape index (κ2) is 6.35. The van der Waals surface area contributed by atoms with Gasteiger partial charge >= 0.3 is 0 Å². The van der Waals surface area contributed by atoms with Gasteiger partial charge in [0.1, 0.15) is 17.7 Å². The Morgan fingerprint density at radius 1 is 1.00 bits per heavy atom. The summed E-state index contributed by atoms with van der Waals surface area (Å²) in [6, 6.07) is 15.8. The summed E-state index contributed by atoms with van der Waals surface area (Å²) in [6.07, 6.45) is 10.8. The van der Waals surface area contributed by atoms with E-state index in [-0.39, 0.29) is 5.60 Å². The number of nitrogens with zero attached hydrogens (tertiary/aromatic N) is 3. The van der Waals surface area contributed by atoms with Crippen molar-refractivity contribution < 1.29 is 4.74 Å². The number of hydrogen-bond acceptors (Lipinski definition) is 3. The lowest BCUT2D eigenvalue weighted by Crippen LogP contribution is -2.42. The zero-order chi connectivity index (χ0) is 18.6. The number of fused-ring (bicyclic) bond motifs is 2. The molecule has 1 aromatic heterocycles. The molecule has 4 nitrogen and oxygen atoms in total. The Labute approximate surface area is 166 Å². The van der Waals surface area contributed by atoms with Crippen molar-refractivity contribution in [1.29, 1.82) is 0 Å². The van der Waals surface area contributed by atoms with E-state index in [0.717, 1.165) is 35.7 Å². The average Bonchev–Trinajstić information content (AvgIpc) is 3.19. The van der Waals surface area contributed by atoms with Crippen molar-refractivity contribution in [3.8, 4) is 11.4 Å². The summed E-state index contributed by atoms with van der Waals surface area (Å²) in [5, 5.41) is 0. The topological polar surface area (TPSA) is 30.3 Å². The predicted octanol–water partition coefficient (Wildman–Crippen LogP) is 4.74. The molecule has 3 aromatic rings. The van der Waals surface area contributed by atoms with Crippen molar-refractivity contribution in [3.05, 3.63) is 54.4 Å². The van der Waals surface area contributed by atoms with E-state index in [0.29, 0.717) is 0 Å². The van der Waals surface area contributed by atoms with Gasteiger partial charge in [-0.25, -0.2) is 4.98 Å². The molecular weight excluding hydrogens is 346 g/mol. The van der Waals surface area contributed by atoms with Crippen molar-refractivity contribution >= 4 is 11.0 Å². The average molecular weight is 374 g/mol. The van der Waals surface area contributed by atoms with E-state index in [9.17, 15) is 0 Å². The fraction of sp³-hybridized carbons (Fsp3) is 0.458. The first kappa shape index (κ1) is 16.6. The summed E-state index contributed by atoms with van der Waals surface area (Å²) in [7, 11) is 0. The third-order valence-electron chi connectivity index (χ3n) is 7.14. The molecule has 3 aliphatic rings. The molecule has 1 aliphatic carbocycles. The molecule has 0 amide bonds. The van der Waals surface area contributed by atoms with Gasteiger partial charge in [-0.3, -0.25) is 4.57 Å². The van der Waals surface area contributed by atoms with Crippen molar-refractivity contribution in [2.75, 3.05) is 13.1 Å². The third-order valence-corrected chi connectivity index (χ3v) is 7.14. The number of likely N-dealkylation sites (tertiary alicyclic amines) is 1. The summed E-state index contributed by atoms with van der Waals surface area (Å²) >= 11 is 0. The van der Waals surface area contributed by atoms with Crippen LogP contribution in [0.4, 0.5) is 0 Å². The Morgan fingerprint density at radius 3 is 2.82 bits per heavy atom. The van der Waals surface area contributed by atoms with Gasteiger partial charge in [0.2, 0.25) is 0 Å². The molecule has 28 heavy (non-hydrogen) atoms. The highest BCUT2D eigenvalue weighted by molar-refractivity contribution is 5.77. The van der Waals surface area contributed by atoms with Crippen LogP contribution < -0.4 is 4.74 Å². The van der Waals surface area contributed by atoms with Gasteiger partial charge < -0.3 is 9.64 Å². The first-order valence-electron chi connectivity index (χ1n) is 10.8. The van der Waals surface area contributed by atoms with Crippen LogP contribution in [-0.2, 0) is 6.42 Å². The van der Waals surface area contributed by atoms with Gasteiger partial charge in [-0.2, -0.15) is 0 Å². The molecule has 0 radical (unpaired) electrons. The number of hydrogen-bond donors (Lipinski definition) is 0. The first-order chi connectivity index (χ1) is 13.8. The number of para-hydroxylation sites is 2. The molecule has 1 atom stereocenters. The maximum Gasteiger partial charge on any atom is 0.123 e. The Bertz CT molecular complexity index is 1020. The molecule has 144 valence electrons. The Morgan fingerprint density at radius 2 is 1.93 bits per heavy atom. The van der Waals surface area contributed by atoms with Gasteiger partial charge in [-0.05, 0) is 62.6 Å². The number of rotatable bonds is 2. The highest BCUT2D eigenvalue weighted by Crippen LogP contribution is 2.42. The normalized spacial score (nSPS) is 25.4. The first-order valence-corrected chi connectivity index (χ1v) is 10.8. The molecule has 6 rings (SSSR count). The number of imidazole rings is 1. The van der Waals surface area contributed by atoms with Crippen molar-refractivity contribution in [1.82, 2.24) is 14.5 Å². The van der Waals surface area contributed by atoms with Gasteiger partial charge in [0.25, 0.3) is 0 Å². The molecule has 1 unspecified atom stereocenters. The van der Waals surface area contributed by atoms with Gasteiger partial charge in [-0.15, -0.1) is 0 Å². The van der Waals surface area contributed by atoms with E-state index >= 15 is 0 Å². The fourth-order valence-corrected chi connectivity index (χ4v) is 5.32. The molecule has 1 spiro atoms. The van der Waals surface area contributed by atoms with Crippen LogP contribution in [0.25, 0.3) is 16.7 Å². The van der Waals surface area contributed by atoms with Crippen LogP contribution in [-0.4, -0.2) is 39.2 Å². The monoisotopic (exact) mass is 373 g/mol. The minimum atomic E-state index is 0.0104. The summed E-state index contributed by atoms with van der Waals surface area (Å²) < 4.78 is 8.79. The van der Waals surface area contributed by atoms with Crippen molar-refractivity contribution in [3.63, 3.8) is 0 Å². The molecular formula is C24H27N3O. The maximum atomic E-state index is 6.60. The molecule has 4 heteroatoms. The molecule has 1 saturated heterocycles. The molecule has 2 fully saturated rings. The minimum absolute atomic E-state index is 0.0104. The second-order valence-corrected chi connectivity index (χ2v) is 8.83.